The first-order valence-corrected chi connectivity index (χ1v) is 27.3. The highest BCUT2D eigenvalue weighted by atomic mass is 32.2. The van der Waals surface area contributed by atoms with Crippen molar-refractivity contribution in [2.45, 2.75) is 113 Å². The van der Waals surface area contributed by atoms with Gasteiger partial charge in [0.15, 0.2) is 5.75 Å². The number of nitrogens with zero attached hydrogens (tertiary/aromatic N) is 5. The standard InChI is InChI=1S/C54H67FN8O8S/c1-35(2)39-8-4-5-9-40(39)41-10-6-11-46(41)62-33-54(34-62)20-24-61(25-21-54)37-12-14-42(48(28-37)71-49-30-43-44(55)32-57-50(43)58-52(49)70-27-26-60-22-7-23-60)51(64)59-72(68,69)38-13-15-45(47(29-38)63(66)67)56-31-36-16-18-53(3,65)19-17-36/h4-5,8-9,12-15,28-30,32,35-36,41,46,56,65H,6-7,10-11,16-27,31,33-34H2,1-3H3,(H,57,58)(H,59,64)/t36?,41-,46-,53?/m1/s1. The molecule has 0 bridgehead atoms. The number of carbonyl (C=O) groups excluding carboxylic acids is 1. The molecule has 2 aliphatic carbocycles. The Balaban J connectivity index is 0.884. The first-order chi connectivity index (χ1) is 34.5. The second-order valence-corrected chi connectivity index (χ2v) is 23.3. The maximum absolute atomic E-state index is 15.1. The van der Waals surface area contributed by atoms with Gasteiger partial charge in [0.2, 0.25) is 0 Å². The van der Waals surface area contributed by atoms with Crippen molar-refractivity contribution in [3.63, 3.8) is 0 Å². The van der Waals surface area contributed by atoms with Gasteiger partial charge in [-0.1, -0.05) is 44.5 Å². The molecule has 3 aliphatic heterocycles. The van der Waals surface area contributed by atoms with Crippen LogP contribution in [-0.4, -0.2) is 115 Å². The largest absolute Gasteiger partial charge is 0.474 e. The zero-order chi connectivity index (χ0) is 50.4. The number of rotatable bonds is 17. The number of ether oxygens (including phenoxy) is 2. The van der Waals surface area contributed by atoms with Gasteiger partial charge >= 0.3 is 0 Å². The summed E-state index contributed by atoms with van der Waals surface area (Å²) in [7, 11) is -4.67. The van der Waals surface area contributed by atoms with Crippen LogP contribution in [0.5, 0.6) is 17.4 Å². The second kappa shape index (κ2) is 20.2. The molecule has 0 radical (unpaired) electrons. The summed E-state index contributed by atoms with van der Waals surface area (Å²) in [4.78, 5) is 40.0. The lowest BCUT2D eigenvalue weighted by atomic mass is 9.70. The minimum atomic E-state index is -4.67. The van der Waals surface area contributed by atoms with E-state index in [1.54, 1.807) is 19.1 Å². The fourth-order valence-corrected chi connectivity index (χ4v) is 12.8. The van der Waals surface area contributed by atoms with Gasteiger partial charge in [-0.3, -0.25) is 24.7 Å². The molecule has 4 N–H and O–H groups in total. The number of hydrogen-bond acceptors (Lipinski definition) is 13. The van der Waals surface area contributed by atoms with Crippen molar-refractivity contribution in [3.05, 3.63) is 106 Å². The van der Waals surface area contributed by atoms with Crippen molar-refractivity contribution in [1.82, 2.24) is 24.5 Å². The molecule has 2 atom stereocenters. The Bertz CT molecular complexity index is 2920. The minimum absolute atomic E-state index is 0.0105. The summed E-state index contributed by atoms with van der Waals surface area (Å²) in [6, 6.07) is 19.4. The number of hydrogen-bond donors (Lipinski definition) is 4. The molecule has 72 heavy (non-hydrogen) atoms. The number of aromatic amines is 1. The second-order valence-electron chi connectivity index (χ2n) is 21.6. The predicted molar refractivity (Wildman–Crippen MR) is 274 cm³/mol. The average molecular weight is 1010 g/mol. The lowest BCUT2D eigenvalue weighted by molar-refractivity contribution is -0.384. The number of aliphatic hydroxyl groups is 1. The number of nitro groups is 1. The molecule has 1 spiro atoms. The van der Waals surface area contributed by atoms with E-state index in [9.17, 15) is 28.4 Å². The van der Waals surface area contributed by atoms with Crippen LogP contribution in [0.25, 0.3) is 11.0 Å². The Hall–Kier alpha value is -5.82. The number of aromatic nitrogens is 2. The number of piperidine rings is 1. The first-order valence-electron chi connectivity index (χ1n) is 25.8. The van der Waals surface area contributed by atoms with Gasteiger partial charge in [0.25, 0.3) is 27.5 Å². The highest BCUT2D eigenvalue weighted by molar-refractivity contribution is 7.90. The summed E-state index contributed by atoms with van der Waals surface area (Å²) >= 11 is 0. The molecule has 3 saturated heterocycles. The number of halogens is 1. The van der Waals surface area contributed by atoms with E-state index in [2.05, 4.69) is 72.8 Å². The third-order valence-corrected chi connectivity index (χ3v) is 17.6. The van der Waals surface area contributed by atoms with Crippen molar-refractivity contribution < 1.29 is 37.1 Å². The highest BCUT2D eigenvalue weighted by Crippen LogP contribution is 2.49. The minimum Gasteiger partial charge on any atom is -0.474 e. The lowest BCUT2D eigenvalue weighted by Gasteiger charge is -2.57. The molecule has 5 fully saturated rings. The van der Waals surface area contributed by atoms with Crippen molar-refractivity contribution in [1.29, 1.82) is 0 Å². The van der Waals surface area contributed by atoms with Crippen LogP contribution in [0.2, 0.25) is 0 Å². The Morgan fingerprint density at radius 3 is 2.46 bits per heavy atom. The van der Waals surface area contributed by atoms with E-state index >= 15 is 4.39 Å². The van der Waals surface area contributed by atoms with E-state index in [4.69, 9.17) is 9.47 Å². The van der Waals surface area contributed by atoms with Crippen LogP contribution in [-0.2, 0) is 10.0 Å². The zero-order valence-corrected chi connectivity index (χ0v) is 42.3. The Labute approximate surface area is 420 Å². The van der Waals surface area contributed by atoms with Crippen molar-refractivity contribution in [2.75, 3.05) is 69.2 Å². The molecule has 1 amide bonds. The van der Waals surface area contributed by atoms with Crippen LogP contribution in [0, 0.1) is 27.3 Å². The summed E-state index contributed by atoms with van der Waals surface area (Å²) in [5.41, 5.74) is 2.99. The molecule has 2 aromatic heterocycles. The van der Waals surface area contributed by atoms with Gasteiger partial charge in [-0.2, -0.15) is 4.98 Å². The van der Waals surface area contributed by atoms with E-state index < -0.39 is 42.9 Å². The summed E-state index contributed by atoms with van der Waals surface area (Å²) < 4.78 is 57.8. The van der Waals surface area contributed by atoms with Crippen LogP contribution in [0.3, 0.4) is 0 Å². The number of amides is 1. The van der Waals surface area contributed by atoms with Gasteiger partial charge in [0, 0.05) is 75.4 Å². The van der Waals surface area contributed by atoms with Crippen LogP contribution < -0.4 is 24.4 Å². The van der Waals surface area contributed by atoms with E-state index in [-0.39, 0.29) is 57.6 Å². The molecular formula is C54H67FN8O8S. The van der Waals surface area contributed by atoms with Crippen LogP contribution >= 0.6 is 0 Å². The third kappa shape index (κ3) is 10.5. The number of nitrogens with one attached hydrogen (secondary N) is 3. The van der Waals surface area contributed by atoms with Crippen LogP contribution in [0.1, 0.15) is 118 Å². The van der Waals surface area contributed by atoms with Gasteiger partial charge in [-0.25, -0.2) is 17.5 Å². The monoisotopic (exact) mass is 1010 g/mol. The maximum Gasteiger partial charge on any atom is 0.293 e. The molecule has 5 aromatic rings. The number of pyridine rings is 1. The van der Waals surface area contributed by atoms with E-state index in [0.717, 1.165) is 83.1 Å². The number of H-pyrrole nitrogens is 1. The summed E-state index contributed by atoms with van der Waals surface area (Å²) in [6.07, 6.45) is 10.6. The Kier molecular flexibility index (Phi) is 14.0. The number of nitro benzene ring substituents is 1. The molecule has 5 aliphatic rings. The molecule has 384 valence electrons. The topological polar surface area (TPSA) is 195 Å². The molecule has 3 aromatic carbocycles. The lowest BCUT2D eigenvalue weighted by Crippen LogP contribution is -2.63. The van der Waals surface area contributed by atoms with E-state index in [1.165, 1.54) is 60.9 Å². The summed E-state index contributed by atoms with van der Waals surface area (Å²) in [5, 5.41) is 25.9. The highest BCUT2D eigenvalue weighted by Gasteiger charge is 2.49. The first kappa shape index (κ1) is 49.7. The normalized spacial score (nSPS) is 23.5. The fourth-order valence-electron chi connectivity index (χ4n) is 11.8. The fraction of sp³-hybridized carbons (Fsp3) is 0.519. The maximum atomic E-state index is 15.1. The third-order valence-electron chi connectivity index (χ3n) is 16.3. The van der Waals surface area contributed by atoms with Crippen molar-refractivity contribution in [3.8, 4) is 17.4 Å². The molecule has 0 unspecified atom stereocenters. The van der Waals surface area contributed by atoms with Gasteiger partial charge < -0.3 is 29.8 Å². The van der Waals surface area contributed by atoms with Gasteiger partial charge in [0.1, 0.15) is 29.5 Å². The number of carbonyl (C=O) groups is 1. The number of anilines is 2. The molecule has 5 heterocycles. The van der Waals surface area contributed by atoms with Gasteiger partial charge in [0.05, 0.1) is 26.4 Å². The number of sulfonamides is 1. The molecule has 16 nitrogen and oxygen atoms in total. The molecule has 2 saturated carbocycles. The number of fused-ring (bicyclic) bond motifs is 1. The Morgan fingerprint density at radius 1 is 0.972 bits per heavy atom. The molecule has 10 rings (SSSR count). The smallest absolute Gasteiger partial charge is 0.293 e. The SMILES string of the molecule is CC(C)c1ccccc1[C@H]1CCC[C@H]1N1CC2(CCN(c3ccc(C(=O)NS(=O)(=O)c4ccc(NCC5CCC(C)(O)CC5)c([N+](=O)[O-])c4)c(Oc4cc5c(F)c[nH]c5nc4OCCN4CCC4)c3)CC2)C1. The molecule has 18 heteroatoms. The van der Waals surface area contributed by atoms with Gasteiger partial charge in [-0.15, -0.1) is 0 Å². The predicted octanol–water partition coefficient (Wildman–Crippen LogP) is 9.32. The Morgan fingerprint density at radius 2 is 1.74 bits per heavy atom. The zero-order valence-electron chi connectivity index (χ0n) is 41.5. The van der Waals surface area contributed by atoms with E-state index in [0.29, 0.717) is 43.8 Å². The van der Waals surface area contributed by atoms with Crippen LogP contribution in [0.4, 0.5) is 21.5 Å². The van der Waals surface area contributed by atoms with Crippen molar-refractivity contribution in [2.24, 2.45) is 11.3 Å². The van der Waals surface area contributed by atoms with Gasteiger partial charge in [-0.05, 0) is 136 Å². The molecular weight excluding hydrogens is 940 g/mol. The number of likely N-dealkylation sites (tertiary alicyclic amines) is 2. The summed E-state index contributed by atoms with van der Waals surface area (Å²) in [5.74, 6) is -0.315. The quantitative estimate of drug-likeness (QED) is 0.0509. The van der Waals surface area contributed by atoms with Crippen molar-refractivity contribution >= 4 is 44.0 Å². The summed E-state index contributed by atoms with van der Waals surface area (Å²) in [6.45, 7) is 13.3. The van der Waals surface area contributed by atoms with Crippen LogP contribution in [0.15, 0.2) is 77.8 Å². The van der Waals surface area contributed by atoms with E-state index in [1.807, 2.05) is 0 Å². The number of benzene rings is 3. The average Bonchev–Trinajstić information content (AvgIpc) is 3.97.